The van der Waals surface area contributed by atoms with Gasteiger partial charge in [-0.05, 0) is 44.6 Å². The molecule has 2 heteroatoms. The molecule has 0 bridgehead atoms. The van der Waals surface area contributed by atoms with Gasteiger partial charge in [-0.25, -0.2) is 0 Å². The van der Waals surface area contributed by atoms with Crippen LogP contribution in [0.2, 0.25) is 0 Å². The molecule has 1 aliphatic heterocycles. The molecule has 1 rings (SSSR count). The third kappa shape index (κ3) is 4.43. The molecule has 1 atom stereocenters. The van der Waals surface area contributed by atoms with Crippen molar-refractivity contribution in [2.45, 2.75) is 52.0 Å². The summed E-state index contributed by atoms with van der Waals surface area (Å²) >= 11 is 0. The molecule has 1 aliphatic rings. The molecule has 2 nitrogen and oxygen atoms in total. The van der Waals surface area contributed by atoms with Gasteiger partial charge in [0, 0.05) is 19.3 Å². The summed E-state index contributed by atoms with van der Waals surface area (Å²) < 4.78 is 5.36. The minimum absolute atomic E-state index is 0.739. The first-order chi connectivity index (χ1) is 6.86. The third-order valence-corrected chi connectivity index (χ3v) is 3.25. The van der Waals surface area contributed by atoms with E-state index in [0.717, 1.165) is 31.7 Å². The Kier molecular flexibility index (Phi) is 6.20. The summed E-state index contributed by atoms with van der Waals surface area (Å²) in [4.78, 5) is 0. The van der Waals surface area contributed by atoms with Crippen molar-refractivity contribution in [3.8, 4) is 0 Å². The van der Waals surface area contributed by atoms with E-state index in [2.05, 4.69) is 19.2 Å². The fraction of sp³-hybridized carbons (Fsp3) is 1.00. The van der Waals surface area contributed by atoms with Crippen LogP contribution in [0.25, 0.3) is 0 Å². The number of ether oxygens (including phenoxy) is 1. The SMILES string of the molecule is CCNC(CC)CCC1CCOCC1. The molecule has 14 heavy (non-hydrogen) atoms. The van der Waals surface area contributed by atoms with Crippen LogP contribution in [-0.2, 0) is 4.74 Å². The molecular weight excluding hydrogens is 174 g/mol. The van der Waals surface area contributed by atoms with E-state index in [0.29, 0.717) is 0 Å². The fourth-order valence-electron chi connectivity index (χ4n) is 2.21. The number of rotatable bonds is 6. The Morgan fingerprint density at radius 1 is 1.29 bits per heavy atom. The minimum Gasteiger partial charge on any atom is -0.381 e. The number of hydrogen-bond donors (Lipinski definition) is 1. The lowest BCUT2D eigenvalue weighted by Crippen LogP contribution is -2.29. The van der Waals surface area contributed by atoms with Crippen LogP contribution in [-0.4, -0.2) is 25.8 Å². The average molecular weight is 199 g/mol. The van der Waals surface area contributed by atoms with Crippen LogP contribution in [0.15, 0.2) is 0 Å². The Labute approximate surface area is 88.4 Å². The summed E-state index contributed by atoms with van der Waals surface area (Å²) in [6, 6.07) is 0.739. The monoisotopic (exact) mass is 199 g/mol. The van der Waals surface area contributed by atoms with Gasteiger partial charge in [-0.2, -0.15) is 0 Å². The predicted octanol–water partition coefficient (Wildman–Crippen LogP) is 2.58. The van der Waals surface area contributed by atoms with Gasteiger partial charge >= 0.3 is 0 Å². The topological polar surface area (TPSA) is 21.3 Å². The highest BCUT2D eigenvalue weighted by Gasteiger charge is 2.15. The fourth-order valence-corrected chi connectivity index (χ4v) is 2.21. The van der Waals surface area contributed by atoms with Crippen molar-refractivity contribution in [1.29, 1.82) is 0 Å². The van der Waals surface area contributed by atoms with E-state index in [1.54, 1.807) is 0 Å². The molecule has 0 radical (unpaired) electrons. The van der Waals surface area contributed by atoms with Crippen LogP contribution in [0.5, 0.6) is 0 Å². The second kappa shape index (κ2) is 7.24. The molecule has 1 heterocycles. The normalized spacial score (nSPS) is 21.0. The second-order valence-corrected chi connectivity index (χ2v) is 4.30. The standard InChI is InChI=1S/C12H25NO/c1-3-12(13-4-2)6-5-11-7-9-14-10-8-11/h11-13H,3-10H2,1-2H3. The summed E-state index contributed by atoms with van der Waals surface area (Å²) in [6.07, 6.45) is 6.55. The number of nitrogens with one attached hydrogen (secondary N) is 1. The lowest BCUT2D eigenvalue weighted by molar-refractivity contribution is 0.0624. The zero-order valence-corrected chi connectivity index (χ0v) is 9.72. The van der Waals surface area contributed by atoms with Gasteiger partial charge < -0.3 is 10.1 Å². The Hall–Kier alpha value is -0.0800. The van der Waals surface area contributed by atoms with Gasteiger partial charge in [0.1, 0.15) is 0 Å². The van der Waals surface area contributed by atoms with E-state index in [-0.39, 0.29) is 0 Å². The molecule has 0 saturated carbocycles. The summed E-state index contributed by atoms with van der Waals surface area (Å²) in [5.41, 5.74) is 0. The summed E-state index contributed by atoms with van der Waals surface area (Å²) in [5.74, 6) is 0.927. The highest BCUT2D eigenvalue weighted by molar-refractivity contribution is 4.69. The molecule has 0 amide bonds. The largest absolute Gasteiger partial charge is 0.381 e. The molecule has 0 aromatic carbocycles. The predicted molar refractivity (Wildman–Crippen MR) is 60.5 cm³/mol. The van der Waals surface area contributed by atoms with Crippen LogP contribution in [0.3, 0.4) is 0 Å². The maximum atomic E-state index is 5.36. The molecular formula is C12H25NO. The van der Waals surface area contributed by atoms with E-state index < -0.39 is 0 Å². The summed E-state index contributed by atoms with van der Waals surface area (Å²) in [7, 11) is 0. The van der Waals surface area contributed by atoms with Gasteiger partial charge in [0.05, 0.1) is 0 Å². The molecule has 1 fully saturated rings. The van der Waals surface area contributed by atoms with Crippen molar-refractivity contribution in [3.63, 3.8) is 0 Å². The maximum absolute atomic E-state index is 5.36. The average Bonchev–Trinajstić information content (AvgIpc) is 2.25. The van der Waals surface area contributed by atoms with Gasteiger partial charge in [0.2, 0.25) is 0 Å². The maximum Gasteiger partial charge on any atom is 0.0468 e. The Morgan fingerprint density at radius 2 is 2.00 bits per heavy atom. The van der Waals surface area contributed by atoms with Crippen molar-refractivity contribution in [2.24, 2.45) is 5.92 Å². The first-order valence-corrected chi connectivity index (χ1v) is 6.18. The van der Waals surface area contributed by atoms with Crippen LogP contribution >= 0.6 is 0 Å². The van der Waals surface area contributed by atoms with Gasteiger partial charge in [-0.1, -0.05) is 13.8 Å². The first-order valence-electron chi connectivity index (χ1n) is 6.18. The van der Waals surface area contributed by atoms with Crippen molar-refractivity contribution in [2.75, 3.05) is 19.8 Å². The Morgan fingerprint density at radius 3 is 2.57 bits per heavy atom. The van der Waals surface area contributed by atoms with Crippen molar-refractivity contribution < 1.29 is 4.74 Å². The van der Waals surface area contributed by atoms with Crippen LogP contribution < -0.4 is 5.32 Å². The Balaban J connectivity index is 2.10. The molecule has 0 aromatic rings. The van der Waals surface area contributed by atoms with Crippen molar-refractivity contribution in [3.05, 3.63) is 0 Å². The lowest BCUT2D eigenvalue weighted by atomic mass is 9.92. The summed E-state index contributed by atoms with van der Waals surface area (Å²) in [6.45, 7) is 7.55. The molecule has 0 aliphatic carbocycles. The van der Waals surface area contributed by atoms with E-state index >= 15 is 0 Å². The van der Waals surface area contributed by atoms with Gasteiger partial charge in [0.25, 0.3) is 0 Å². The smallest absolute Gasteiger partial charge is 0.0468 e. The highest BCUT2D eigenvalue weighted by Crippen LogP contribution is 2.21. The van der Waals surface area contributed by atoms with Crippen LogP contribution in [0.1, 0.15) is 46.0 Å². The molecule has 84 valence electrons. The quantitative estimate of drug-likeness (QED) is 0.710. The Bertz CT molecular complexity index is 128. The van der Waals surface area contributed by atoms with E-state index in [9.17, 15) is 0 Å². The lowest BCUT2D eigenvalue weighted by Gasteiger charge is -2.24. The van der Waals surface area contributed by atoms with Crippen molar-refractivity contribution in [1.82, 2.24) is 5.32 Å². The molecule has 1 unspecified atom stereocenters. The van der Waals surface area contributed by atoms with Crippen molar-refractivity contribution >= 4 is 0 Å². The van der Waals surface area contributed by atoms with Gasteiger partial charge in [0.15, 0.2) is 0 Å². The van der Waals surface area contributed by atoms with E-state index in [4.69, 9.17) is 4.74 Å². The van der Waals surface area contributed by atoms with Crippen LogP contribution in [0, 0.1) is 5.92 Å². The minimum atomic E-state index is 0.739. The van der Waals surface area contributed by atoms with E-state index in [1.165, 1.54) is 32.1 Å². The molecule has 1 N–H and O–H groups in total. The summed E-state index contributed by atoms with van der Waals surface area (Å²) in [5, 5.41) is 3.54. The first kappa shape index (κ1) is 12.0. The highest BCUT2D eigenvalue weighted by atomic mass is 16.5. The van der Waals surface area contributed by atoms with E-state index in [1.807, 2.05) is 0 Å². The molecule has 0 aromatic heterocycles. The number of hydrogen-bond acceptors (Lipinski definition) is 2. The zero-order valence-electron chi connectivity index (χ0n) is 9.72. The van der Waals surface area contributed by atoms with Crippen LogP contribution in [0.4, 0.5) is 0 Å². The zero-order chi connectivity index (χ0) is 10.2. The molecule has 1 saturated heterocycles. The van der Waals surface area contributed by atoms with Gasteiger partial charge in [-0.15, -0.1) is 0 Å². The second-order valence-electron chi connectivity index (χ2n) is 4.30. The third-order valence-electron chi connectivity index (χ3n) is 3.25. The molecule has 0 spiro atoms. The van der Waals surface area contributed by atoms with Gasteiger partial charge in [-0.3, -0.25) is 0 Å².